The minimum atomic E-state index is 0.915. The zero-order valence-corrected chi connectivity index (χ0v) is 19.7. The fourth-order valence-electron chi connectivity index (χ4n) is 2.27. The largest absolute Gasteiger partial charge is 0.351 e. The van der Waals surface area contributed by atoms with Crippen molar-refractivity contribution >= 4 is 9.64 Å². The topological polar surface area (TPSA) is 85.1 Å². The van der Waals surface area contributed by atoms with Crippen molar-refractivity contribution in [3.8, 4) is 0 Å². The van der Waals surface area contributed by atoms with Crippen LogP contribution in [0.5, 0.6) is 0 Å². The number of rotatable bonds is 0. The van der Waals surface area contributed by atoms with Crippen molar-refractivity contribution in [3.05, 3.63) is 160 Å². The molecule has 8 heteroatoms. The van der Waals surface area contributed by atoms with Gasteiger partial charge in [-0.2, -0.15) is 47.6 Å². The van der Waals surface area contributed by atoms with E-state index in [1.54, 1.807) is 43.5 Å². The summed E-state index contributed by atoms with van der Waals surface area (Å²) in [6.45, 7) is 0. The molecule has 0 unspecified atom stereocenters. The van der Waals surface area contributed by atoms with Crippen LogP contribution >= 0.6 is 9.64 Å². The van der Waals surface area contributed by atoms with E-state index in [1.165, 1.54) is 17.6 Å². The summed E-state index contributed by atoms with van der Waals surface area (Å²) in [6.07, 6.45) is 35.3. The Morgan fingerprint density at radius 2 is 0.935 bits per heavy atom. The molecule has 0 aromatic carbocycles. The molecule has 5 heterocycles. The Morgan fingerprint density at radius 1 is 0.581 bits per heavy atom. The third kappa shape index (κ3) is 9.39. The molecule has 161 valence electrons. The molecular weight excluding hydrogens is 586 g/mol. The number of nitrogens with zero attached hydrogens (tertiary/aromatic N) is 5. The second-order valence-corrected chi connectivity index (χ2v) is 5.62. The molecule has 0 amide bonds. The normalized spacial score (nSPS) is 21.1. The van der Waals surface area contributed by atoms with Gasteiger partial charge in [-0.15, -0.1) is 0 Å². The molecule has 1 aromatic heterocycles. The van der Waals surface area contributed by atoms with E-state index in [-0.39, 0.29) is 0 Å². The number of hydrogen-bond acceptors (Lipinski definition) is 1. The van der Waals surface area contributed by atoms with Gasteiger partial charge in [-0.25, -0.2) is 4.98 Å². The van der Waals surface area contributed by atoms with Crippen LogP contribution in [0.15, 0.2) is 139 Å². The first-order valence-corrected chi connectivity index (χ1v) is 12.3. The van der Waals surface area contributed by atoms with Crippen LogP contribution in [-0.4, -0.2) is 9.97 Å². The van der Waals surface area contributed by atoms with E-state index in [1.807, 2.05) is 72.9 Å². The first-order valence-electron chi connectivity index (χ1n) is 9.14. The van der Waals surface area contributed by atoms with Gasteiger partial charge in [0, 0.05) is 12.4 Å². The van der Waals surface area contributed by atoms with E-state index < -0.39 is 0 Å². The summed E-state index contributed by atoms with van der Waals surface area (Å²) >= 11 is 1.33. The molecule has 0 fully saturated rings. The summed E-state index contributed by atoms with van der Waals surface area (Å²) in [6, 6.07) is 0. The van der Waals surface area contributed by atoms with E-state index in [2.05, 4.69) is 40.9 Å². The van der Waals surface area contributed by atoms with Crippen molar-refractivity contribution in [3.63, 3.8) is 0 Å². The molecule has 0 radical (unpaired) electrons. The maximum absolute atomic E-state index is 4.67. The van der Waals surface area contributed by atoms with Gasteiger partial charge in [-0.3, -0.25) is 0 Å². The molecule has 4 aliphatic heterocycles. The summed E-state index contributed by atoms with van der Waals surface area (Å²) in [5.41, 5.74) is 3.66. The Morgan fingerprint density at radius 3 is 1.10 bits per heavy atom. The molecule has 4 aliphatic rings. The number of nitrogens with one attached hydrogen (secondary N) is 1. The fourth-order valence-corrected chi connectivity index (χ4v) is 2.27. The Bertz CT molecular complexity index is 813. The van der Waals surface area contributed by atoms with Gasteiger partial charge in [0.15, 0.2) is 0 Å². The van der Waals surface area contributed by atoms with Crippen LogP contribution in [-0.2, 0) is 17.6 Å². The zero-order valence-electron chi connectivity index (χ0n) is 16.4. The van der Waals surface area contributed by atoms with Crippen molar-refractivity contribution in [1.82, 2.24) is 9.97 Å². The Kier molecular flexibility index (Phi) is 12.1. The van der Waals surface area contributed by atoms with Crippen molar-refractivity contribution < 1.29 is 17.6 Å². The second kappa shape index (κ2) is 15.6. The molecular formula is C23H20ClN6Os-4. The molecule has 0 atom stereocenters. The summed E-state index contributed by atoms with van der Waals surface area (Å²) in [7, 11) is 4.67. The van der Waals surface area contributed by atoms with Gasteiger partial charge in [0.05, 0.1) is 6.33 Å². The Labute approximate surface area is 197 Å². The Hall–Kier alpha value is -3.26. The monoisotopic (exact) mass is 607 g/mol. The van der Waals surface area contributed by atoms with Crippen LogP contribution < -0.4 is 0 Å². The molecule has 6 nitrogen and oxygen atoms in total. The molecule has 1 aromatic rings. The van der Waals surface area contributed by atoms with Gasteiger partial charge in [0.2, 0.25) is 0 Å². The molecule has 0 saturated carbocycles. The quantitative estimate of drug-likeness (QED) is 0.330. The molecule has 0 saturated heterocycles. The van der Waals surface area contributed by atoms with E-state index in [0.29, 0.717) is 0 Å². The first-order chi connectivity index (χ1) is 15.4. The fraction of sp³-hybridized carbons (Fsp3) is 0. The number of aromatic nitrogens is 2. The maximum Gasteiger partial charge on any atom is 0.0919 e. The van der Waals surface area contributed by atoms with Gasteiger partial charge in [0.25, 0.3) is 0 Å². The van der Waals surface area contributed by atoms with Crippen molar-refractivity contribution in [2.75, 3.05) is 0 Å². The van der Waals surface area contributed by atoms with Crippen LogP contribution in [0.2, 0.25) is 0 Å². The first kappa shape index (κ1) is 24.0. The molecule has 0 bridgehead atoms. The van der Waals surface area contributed by atoms with Gasteiger partial charge < -0.3 is 26.3 Å². The SMILES string of the molecule is C1=C[N-]C(=C2C=CC=C[N-]2)C=C1.C1=C[N-]C(=C2C=CC=C[N-]2)C=C1.[Cl][Os].c1c[nH]cn1. The van der Waals surface area contributed by atoms with E-state index in [9.17, 15) is 0 Å². The van der Waals surface area contributed by atoms with E-state index >= 15 is 0 Å². The van der Waals surface area contributed by atoms with Crippen LogP contribution in [0, 0.1) is 0 Å². The number of halogens is 1. The van der Waals surface area contributed by atoms with Crippen LogP contribution in [0.1, 0.15) is 0 Å². The number of hydrogen-bond donors (Lipinski definition) is 1. The molecule has 5 rings (SSSR count). The van der Waals surface area contributed by atoms with Crippen molar-refractivity contribution in [1.29, 1.82) is 0 Å². The third-order valence-corrected chi connectivity index (χ3v) is 3.59. The van der Waals surface area contributed by atoms with Crippen LogP contribution in [0.25, 0.3) is 21.3 Å². The second-order valence-electron chi connectivity index (χ2n) is 5.62. The summed E-state index contributed by atoms with van der Waals surface area (Å²) in [4.78, 5) is 6.42. The molecule has 0 spiro atoms. The summed E-state index contributed by atoms with van der Waals surface area (Å²) in [5.74, 6) is 0. The minimum absolute atomic E-state index is 0.915. The summed E-state index contributed by atoms with van der Waals surface area (Å²) < 4.78 is 0. The number of imidazole rings is 1. The molecule has 1 N–H and O–H groups in total. The van der Waals surface area contributed by atoms with Gasteiger partial charge >= 0.3 is 27.2 Å². The minimum Gasteiger partial charge on any atom is -0.351 e. The standard InChI is InChI=1S/2C10H8N2.C3H4N2.ClH.Os/c2*1-3-7-11-9(5-1)10-6-2-4-8-12-10;1-2-5-3-4-1;;/h2*1-8H;1-3H,(H,4,5);1H;/q2*-2;;;+1/p-1. The van der Waals surface area contributed by atoms with E-state index in [0.717, 1.165) is 22.8 Å². The predicted molar refractivity (Wildman–Crippen MR) is 125 cm³/mol. The smallest absolute Gasteiger partial charge is 0.0919 e. The maximum atomic E-state index is 4.67. The molecule has 31 heavy (non-hydrogen) atoms. The predicted octanol–water partition coefficient (Wildman–Crippen LogP) is 7.32. The number of allylic oxidation sites excluding steroid dienone is 12. The van der Waals surface area contributed by atoms with Gasteiger partial charge in [0.1, 0.15) is 0 Å². The van der Waals surface area contributed by atoms with Gasteiger partial charge in [-0.1, -0.05) is 72.9 Å². The van der Waals surface area contributed by atoms with Gasteiger partial charge in [-0.05, 0) is 0 Å². The van der Waals surface area contributed by atoms with Crippen molar-refractivity contribution in [2.24, 2.45) is 0 Å². The van der Waals surface area contributed by atoms with Crippen molar-refractivity contribution in [2.45, 2.75) is 0 Å². The van der Waals surface area contributed by atoms with E-state index in [4.69, 9.17) is 0 Å². The average molecular weight is 606 g/mol. The number of aromatic amines is 1. The molecule has 0 aliphatic carbocycles. The average Bonchev–Trinajstić information content (AvgIpc) is 3.48. The summed E-state index contributed by atoms with van der Waals surface area (Å²) in [5, 5.41) is 16.7. The Balaban J connectivity index is 0.000000170. The van der Waals surface area contributed by atoms with Crippen LogP contribution in [0.3, 0.4) is 0 Å². The van der Waals surface area contributed by atoms with Crippen LogP contribution in [0.4, 0.5) is 0 Å². The third-order valence-electron chi connectivity index (χ3n) is 3.59. The number of H-pyrrole nitrogens is 1. The zero-order chi connectivity index (χ0) is 22.0.